The predicted molar refractivity (Wildman–Crippen MR) is 84.1 cm³/mol. The summed E-state index contributed by atoms with van der Waals surface area (Å²) >= 11 is 0. The lowest BCUT2D eigenvalue weighted by Gasteiger charge is -2.09. The van der Waals surface area contributed by atoms with E-state index in [1.807, 2.05) is 13.1 Å². The SMILES string of the molecule is Cn1cc(Oc2ccc(Nc3cccc(F)c3C#N)cc2)cn1. The van der Waals surface area contributed by atoms with Gasteiger partial charge >= 0.3 is 0 Å². The van der Waals surface area contributed by atoms with Gasteiger partial charge in [0.05, 0.1) is 18.1 Å². The molecule has 0 unspecified atom stereocenters. The average Bonchev–Trinajstić information content (AvgIpc) is 2.95. The van der Waals surface area contributed by atoms with Gasteiger partial charge in [0.1, 0.15) is 23.2 Å². The lowest BCUT2D eigenvalue weighted by atomic mass is 10.1. The molecule has 3 rings (SSSR count). The normalized spacial score (nSPS) is 10.1. The standard InChI is InChI=1S/C17H13FN4O/c1-22-11-14(10-20-22)23-13-7-5-12(6-8-13)21-17-4-2-3-16(18)15(17)9-19/h2-8,10-11,21H,1H3. The van der Waals surface area contributed by atoms with Crippen molar-refractivity contribution in [1.29, 1.82) is 5.26 Å². The molecule has 6 heteroatoms. The molecule has 0 amide bonds. The van der Waals surface area contributed by atoms with Crippen molar-refractivity contribution in [1.82, 2.24) is 9.78 Å². The van der Waals surface area contributed by atoms with Crippen LogP contribution < -0.4 is 10.1 Å². The van der Waals surface area contributed by atoms with E-state index in [4.69, 9.17) is 10.00 Å². The van der Waals surface area contributed by atoms with Crippen LogP contribution in [0.25, 0.3) is 0 Å². The van der Waals surface area contributed by atoms with E-state index in [1.165, 1.54) is 6.07 Å². The Morgan fingerprint density at radius 3 is 2.61 bits per heavy atom. The molecule has 1 heterocycles. The number of aryl methyl sites for hydroxylation is 1. The van der Waals surface area contributed by atoms with E-state index in [1.54, 1.807) is 53.5 Å². The first-order valence-electron chi connectivity index (χ1n) is 6.88. The minimum atomic E-state index is -0.547. The van der Waals surface area contributed by atoms with Crippen LogP contribution in [0.1, 0.15) is 5.56 Å². The van der Waals surface area contributed by atoms with Crippen molar-refractivity contribution in [2.75, 3.05) is 5.32 Å². The summed E-state index contributed by atoms with van der Waals surface area (Å²) in [7, 11) is 1.81. The first-order valence-corrected chi connectivity index (χ1v) is 6.88. The molecule has 0 aliphatic rings. The van der Waals surface area contributed by atoms with E-state index in [2.05, 4.69) is 10.4 Å². The van der Waals surface area contributed by atoms with Crippen molar-refractivity contribution < 1.29 is 9.13 Å². The zero-order valence-electron chi connectivity index (χ0n) is 12.3. The van der Waals surface area contributed by atoms with Crippen molar-refractivity contribution in [2.45, 2.75) is 0 Å². The van der Waals surface area contributed by atoms with E-state index in [9.17, 15) is 4.39 Å². The largest absolute Gasteiger partial charge is 0.454 e. The lowest BCUT2D eigenvalue weighted by Crippen LogP contribution is -1.96. The Kier molecular flexibility index (Phi) is 3.93. The molecule has 0 aliphatic heterocycles. The third-order valence-electron chi connectivity index (χ3n) is 3.18. The first-order chi connectivity index (χ1) is 11.2. The summed E-state index contributed by atoms with van der Waals surface area (Å²) in [6.45, 7) is 0. The van der Waals surface area contributed by atoms with Crippen molar-refractivity contribution in [3.05, 3.63) is 66.2 Å². The van der Waals surface area contributed by atoms with Crippen LogP contribution in [0, 0.1) is 17.1 Å². The van der Waals surface area contributed by atoms with Gasteiger partial charge in [-0.15, -0.1) is 0 Å². The third kappa shape index (κ3) is 3.30. The summed E-state index contributed by atoms with van der Waals surface area (Å²) in [5.41, 5.74) is 1.14. The molecular formula is C17H13FN4O. The second-order valence-electron chi connectivity index (χ2n) is 4.88. The fourth-order valence-corrected chi connectivity index (χ4v) is 2.09. The summed E-state index contributed by atoms with van der Waals surface area (Å²) in [5.74, 6) is 0.752. The third-order valence-corrected chi connectivity index (χ3v) is 3.18. The van der Waals surface area contributed by atoms with Crippen LogP contribution >= 0.6 is 0 Å². The van der Waals surface area contributed by atoms with Crippen LogP contribution in [0.15, 0.2) is 54.9 Å². The fraction of sp³-hybridized carbons (Fsp3) is 0.0588. The van der Waals surface area contributed by atoms with Gasteiger partial charge in [0.25, 0.3) is 0 Å². The number of benzene rings is 2. The van der Waals surface area contributed by atoms with Gasteiger partial charge in [-0.2, -0.15) is 10.4 Å². The Bertz CT molecular complexity index is 865. The van der Waals surface area contributed by atoms with Crippen molar-refractivity contribution >= 4 is 11.4 Å². The highest BCUT2D eigenvalue weighted by Gasteiger charge is 2.08. The van der Waals surface area contributed by atoms with Gasteiger partial charge in [0, 0.05) is 12.7 Å². The summed E-state index contributed by atoms with van der Waals surface area (Å²) in [5, 5.41) is 16.1. The van der Waals surface area contributed by atoms with Crippen molar-refractivity contribution in [3.8, 4) is 17.6 Å². The smallest absolute Gasteiger partial charge is 0.165 e. The average molecular weight is 308 g/mol. The summed E-state index contributed by atoms with van der Waals surface area (Å²) in [6.07, 6.45) is 3.39. The Hall–Kier alpha value is -3.33. The van der Waals surface area contributed by atoms with Crippen LogP contribution in [0.2, 0.25) is 0 Å². The monoisotopic (exact) mass is 308 g/mol. The number of nitrogens with one attached hydrogen (secondary N) is 1. The number of ether oxygens (including phenoxy) is 1. The quantitative estimate of drug-likeness (QED) is 0.792. The second-order valence-corrected chi connectivity index (χ2v) is 4.88. The van der Waals surface area contributed by atoms with Crippen LogP contribution in [0.3, 0.4) is 0 Å². The molecule has 0 atom stereocenters. The molecule has 0 saturated heterocycles. The van der Waals surface area contributed by atoms with Gasteiger partial charge < -0.3 is 10.1 Å². The second kappa shape index (κ2) is 6.20. The van der Waals surface area contributed by atoms with Gasteiger partial charge in [-0.05, 0) is 36.4 Å². The van der Waals surface area contributed by atoms with E-state index < -0.39 is 5.82 Å². The highest BCUT2D eigenvalue weighted by Crippen LogP contribution is 2.26. The molecule has 0 saturated carbocycles. The van der Waals surface area contributed by atoms with Crippen LogP contribution in [-0.4, -0.2) is 9.78 Å². The molecule has 5 nitrogen and oxygen atoms in total. The number of rotatable bonds is 4. The van der Waals surface area contributed by atoms with Gasteiger partial charge in [0.2, 0.25) is 0 Å². The lowest BCUT2D eigenvalue weighted by molar-refractivity contribution is 0.482. The molecule has 114 valence electrons. The fourth-order valence-electron chi connectivity index (χ4n) is 2.09. The van der Waals surface area contributed by atoms with Gasteiger partial charge in [-0.25, -0.2) is 4.39 Å². The topological polar surface area (TPSA) is 62.9 Å². The molecule has 0 radical (unpaired) electrons. The van der Waals surface area contributed by atoms with Gasteiger partial charge in [0.15, 0.2) is 5.75 Å². The predicted octanol–water partition coefficient (Wildman–Crippen LogP) is 3.97. The number of aromatic nitrogens is 2. The number of nitriles is 1. The molecule has 0 fully saturated rings. The minimum absolute atomic E-state index is 0.0109. The maximum Gasteiger partial charge on any atom is 0.165 e. The van der Waals surface area contributed by atoms with E-state index in [-0.39, 0.29) is 5.56 Å². The molecule has 2 aromatic carbocycles. The molecule has 3 aromatic rings. The van der Waals surface area contributed by atoms with Crippen molar-refractivity contribution in [2.24, 2.45) is 7.05 Å². The number of hydrogen-bond donors (Lipinski definition) is 1. The highest BCUT2D eigenvalue weighted by atomic mass is 19.1. The summed E-state index contributed by atoms with van der Waals surface area (Å²) in [4.78, 5) is 0. The van der Waals surface area contributed by atoms with E-state index >= 15 is 0 Å². The number of hydrogen-bond acceptors (Lipinski definition) is 4. The zero-order valence-corrected chi connectivity index (χ0v) is 12.3. The number of anilines is 2. The molecule has 1 N–H and O–H groups in total. The zero-order chi connectivity index (χ0) is 16.2. The Morgan fingerprint density at radius 1 is 1.17 bits per heavy atom. The number of halogens is 1. The van der Waals surface area contributed by atoms with Crippen molar-refractivity contribution in [3.63, 3.8) is 0 Å². The van der Waals surface area contributed by atoms with E-state index in [0.29, 0.717) is 17.2 Å². The van der Waals surface area contributed by atoms with Crippen LogP contribution in [0.4, 0.5) is 15.8 Å². The Labute approximate surface area is 132 Å². The van der Waals surface area contributed by atoms with Gasteiger partial charge in [-0.1, -0.05) is 6.07 Å². The highest BCUT2D eigenvalue weighted by molar-refractivity contribution is 5.67. The first kappa shape index (κ1) is 14.6. The maximum absolute atomic E-state index is 13.6. The van der Waals surface area contributed by atoms with Gasteiger partial charge in [-0.3, -0.25) is 4.68 Å². The molecule has 0 bridgehead atoms. The molecular weight excluding hydrogens is 295 g/mol. The van der Waals surface area contributed by atoms with E-state index in [0.717, 1.165) is 5.69 Å². The maximum atomic E-state index is 13.6. The Balaban J connectivity index is 1.75. The van der Waals surface area contributed by atoms with Crippen LogP contribution in [0.5, 0.6) is 11.5 Å². The summed E-state index contributed by atoms with van der Waals surface area (Å²) < 4.78 is 20.9. The molecule has 23 heavy (non-hydrogen) atoms. The Morgan fingerprint density at radius 2 is 1.96 bits per heavy atom. The van der Waals surface area contributed by atoms with Crippen LogP contribution in [-0.2, 0) is 7.05 Å². The minimum Gasteiger partial charge on any atom is -0.454 e. The summed E-state index contributed by atoms with van der Waals surface area (Å²) in [6, 6.07) is 13.5. The number of nitrogens with zero attached hydrogens (tertiary/aromatic N) is 3. The molecule has 0 spiro atoms. The molecule has 1 aromatic heterocycles. The molecule has 0 aliphatic carbocycles.